The molecule has 196 valence electrons. The average molecular weight is 616 g/mol. The van der Waals surface area contributed by atoms with Crippen LogP contribution in [0.2, 0.25) is 0 Å². The average Bonchev–Trinajstić information content (AvgIpc) is 2.81. The number of alkyl halides is 3. The molecule has 0 spiro atoms. The van der Waals surface area contributed by atoms with Gasteiger partial charge in [-0.25, -0.2) is 0 Å². The molecular weight excluding hydrogens is 588 g/mol. The van der Waals surface area contributed by atoms with Crippen molar-refractivity contribution < 1.29 is 47.6 Å². The Labute approximate surface area is 214 Å². The fourth-order valence-electron chi connectivity index (χ4n) is 3.68. The summed E-state index contributed by atoms with van der Waals surface area (Å²) in [7, 11) is 1.36. The van der Waals surface area contributed by atoms with Crippen LogP contribution in [0.3, 0.4) is 0 Å². The first kappa shape index (κ1) is 29.1. The van der Waals surface area contributed by atoms with Crippen LogP contribution in [0.15, 0.2) is 23.8 Å². The van der Waals surface area contributed by atoms with E-state index in [4.69, 9.17) is 14.6 Å². The molecule has 0 radical (unpaired) electrons. The van der Waals surface area contributed by atoms with Crippen molar-refractivity contribution >= 4 is 34.4 Å². The van der Waals surface area contributed by atoms with Crippen LogP contribution in [-0.2, 0) is 16.2 Å². The monoisotopic (exact) mass is 616 g/mol. The van der Waals surface area contributed by atoms with Crippen molar-refractivity contribution in [2.75, 3.05) is 26.8 Å². The molecule has 2 amide bonds. The molecule has 1 aliphatic carbocycles. The number of carbonyl (C=O) groups is 2. The molecule has 0 bridgehead atoms. The first-order valence-electron chi connectivity index (χ1n) is 10.7. The van der Waals surface area contributed by atoms with E-state index in [2.05, 4.69) is 5.32 Å². The summed E-state index contributed by atoms with van der Waals surface area (Å²) in [6, 6.07) is 1.69. The van der Waals surface area contributed by atoms with Gasteiger partial charge in [-0.05, 0) is 46.4 Å². The van der Waals surface area contributed by atoms with E-state index in [0.717, 1.165) is 0 Å². The maximum atomic E-state index is 13.3. The molecule has 3 atom stereocenters. The Morgan fingerprint density at radius 1 is 1.29 bits per heavy atom. The van der Waals surface area contributed by atoms with Gasteiger partial charge in [-0.3, -0.25) is 9.59 Å². The number of nitrogens with zero attached hydrogens (tertiary/aromatic N) is 1. The van der Waals surface area contributed by atoms with E-state index < -0.39 is 42.8 Å². The van der Waals surface area contributed by atoms with Crippen molar-refractivity contribution in [1.29, 1.82) is 0 Å². The fourth-order valence-corrected chi connectivity index (χ4v) is 4.47. The standard InChI is InChI=1S/C22H28F3IN2O7/c1-3-18(31)28(11-22(23,24)25)15-8-13(21(33)27-4-5-29)9-16(19(15)32)35-20-14(26)6-12(10-30)7-17(20)34-2/h6-7,9,15-16,19,29-30,32H,3-5,8,10-11H2,1-2H3,(H,27,33)/t15-,16+,19+/m1/s1. The number of nitrogens with one attached hydrogen (secondary N) is 1. The third-order valence-corrected chi connectivity index (χ3v) is 6.11. The smallest absolute Gasteiger partial charge is 0.406 e. The minimum absolute atomic E-state index is 0.00391. The highest BCUT2D eigenvalue weighted by Gasteiger charge is 2.44. The molecule has 2 rings (SSSR count). The number of aliphatic hydroxyl groups is 3. The SMILES string of the molecule is CCC(=O)N(CC(F)(F)F)[C@@H]1CC(C(=O)NCCO)=C[C@H](Oc2c(I)cc(CO)cc2OC)[C@H]1O. The summed E-state index contributed by atoms with van der Waals surface area (Å²) in [5.74, 6) is -1.17. The van der Waals surface area contributed by atoms with Gasteiger partial charge in [0.1, 0.15) is 18.8 Å². The number of methoxy groups -OCH3 is 1. The van der Waals surface area contributed by atoms with Gasteiger partial charge in [0.05, 0.1) is 29.9 Å². The molecule has 1 aromatic carbocycles. The number of carbonyl (C=O) groups excluding carboxylic acids is 2. The molecule has 0 saturated carbocycles. The van der Waals surface area contributed by atoms with Crippen molar-refractivity contribution in [1.82, 2.24) is 10.2 Å². The first-order valence-corrected chi connectivity index (χ1v) is 11.8. The lowest BCUT2D eigenvalue weighted by atomic mass is 9.88. The second-order valence-corrected chi connectivity index (χ2v) is 8.94. The minimum Gasteiger partial charge on any atom is -0.493 e. The molecule has 13 heteroatoms. The molecule has 0 unspecified atom stereocenters. The number of aliphatic hydroxyl groups excluding tert-OH is 3. The third-order valence-electron chi connectivity index (χ3n) is 5.31. The van der Waals surface area contributed by atoms with Crippen molar-refractivity contribution in [2.24, 2.45) is 0 Å². The summed E-state index contributed by atoms with van der Waals surface area (Å²) in [5, 5.41) is 31.9. The molecule has 0 fully saturated rings. The van der Waals surface area contributed by atoms with Crippen molar-refractivity contribution in [3.05, 3.63) is 32.9 Å². The van der Waals surface area contributed by atoms with Crippen LogP contribution in [0.5, 0.6) is 11.5 Å². The molecule has 1 aliphatic rings. The quantitative estimate of drug-likeness (QED) is 0.294. The van der Waals surface area contributed by atoms with Crippen molar-refractivity contribution in [2.45, 2.75) is 50.8 Å². The number of halogens is 4. The van der Waals surface area contributed by atoms with Gasteiger partial charge in [-0.2, -0.15) is 13.2 Å². The second-order valence-electron chi connectivity index (χ2n) is 7.77. The van der Waals surface area contributed by atoms with E-state index in [0.29, 0.717) is 14.0 Å². The molecule has 9 nitrogen and oxygen atoms in total. The molecule has 0 aliphatic heterocycles. The van der Waals surface area contributed by atoms with Crippen molar-refractivity contribution in [3.63, 3.8) is 0 Å². The van der Waals surface area contributed by atoms with E-state index >= 15 is 0 Å². The predicted molar refractivity (Wildman–Crippen MR) is 127 cm³/mol. The Kier molecular flexibility index (Phi) is 10.6. The van der Waals surface area contributed by atoms with E-state index in [1.54, 1.807) is 6.07 Å². The summed E-state index contributed by atoms with van der Waals surface area (Å²) >= 11 is 1.91. The number of ether oxygens (including phenoxy) is 2. The molecule has 4 N–H and O–H groups in total. The summed E-state index contributed by atoms with van der Waals surface area (Å²) < 4.78 is 51.6. The van der Waals surface area contributed by atoms with E-state index in [9.17, 15) is 33.0 Å². The molecule has 0 saturated heterocycles. The topological polar surface area (TPSA) is 129 Å². The molecule has 0 heterocycles. The Hall–Kier alpha value is -2.10. The van der Waals surface area contributed by atoms with Crippen LogP contribution in [0, 0.1) is 3.57 Å². The lowest BCUT2D eigenvalue weighted by Gasteiger charge is -2.40. The zero-order valence-electron chi connectivity index (χ0n) is 19.1. The van der Waals surface area contributed by atoms with Crippen molar-refractivity contribution in [3.8, 4) is 11.5 Å². The maximum absolute atomic E-state index is 13.3. The highest BCUT2D eigenvalue weighted by atomic mass is 127. The summed E-state index contributed by atoms with van der Waals surface area (Å²) in [5.41, 5.74) is 0.515. The summed E-state index contributed by atoms with van der Waals surface area (Å²) in [4.78, 5) is 25.6. The lowest BCUT2D eigenvalue weighted by Crippen LogP contribution is -2.57. The Morgan fingerprint density at radius 2 is 1.97 bits per heavy atom. The van der Waals surface area contributed by atoms with Crippen LogP contribution < -0.4 is 14.8 Å². The number of benzene rings is 1. The van der Waals surface area contributed by atoms with E-state index in [-0.39, 0.29) is 49.7 Å². The van der Waals surface area contributed by atoms with Crippen LogP contribution in [0.4, 0.5) is 13.2 Å². The number of amides is 2. The largest absolute Gasteiger partial charge is 0.493 e. The van der Waals surface area contributed by atoms with E-state index in [1.165, 1.54) is 26.2 Å². The number of hydrogen-bond acceptors (Lipinski definition) is 7. The molecule has 0 aromatic heterocycles. The van der Waals surface area contributed by atoms with Crippen LogP contribution in [0.25, 0.3) is 0 Å². The first-order chi connectivity index (χ1) is 16.4. The fraction of sp³-hybridized carbons (Fsp3) is 0.545. The zero-order chi connectivity index (χ0) is 26.3. The zero-order valence-corrected chi connectivity index (χ0v) is 21.3. The second kappa shape index (κ2) is 12.7. The van der Waals surface area contributed by atoms with Crippen LogP contribution in [0.1, 0.15) is 25.3 Å². The Bertz CT molecular complexity index is 942. The maximum Gasteiger partial charge on any atom is 0.406 e. The minimum atomic E-state index is -4.74. The predicted octanol–water partition coefficient (Wildman–Crippen LogP) is 1.51. The van der Waals surface area contributed by atoms with Crippen LogP contribution in [-0.4, -0.2) is 83.3 Å². The van der Waals surface area contributed by atoms with Gasteiger partial charge in [0.25, 0.3) is 0 Å². The summed E-state index contributed by atoms with van der Waals surface area (Å²) in [6.07, 6.45) is -6.97. The Balaban J connectivity index is 2.52. The summed E-state index contributed by atoms with van der Waals surface area (Å²) in [6.45, 7) is -0.932. The Morgan fingerprint density at radius 3 is 2.51 bits per heavy atom. The number of rotatable bonds is 10. The van der Waals surface area contributed by atoms with Gasteiger partial charge < -0.3 is 35.0 Å². The van der Waals surface area contributed by atoms with Gasteiger partial charge in [-0.1, -0.05) is 6.92 Å². The molecule has 1 aromatic rings. The van der Waals surface area contributed by atoms with Gasteiger partial charge in [0.15, 0.2) is 11.5 Å². The van der Waals surface area contributed by atoms with Gasteiger partial charge >= 0.3 is 6.18 Å². The van der Waals surface area contributed by atoms with Crippen LogP contribution >= 0.6 is 22.6 Å². The van der Waals surface area contributed by atoms with Gasteiger partial charge in [0.2, 0.25) is 11.8 Å². The van der Waals surface area contributed by atoms with Gasteiger partial charge in [-0.15, -0.1) is 0 Å². The van der Waals surface area contributed by atoms with Gasteiger partial charge in [0, 0.05) is 25.0 Å². The molecular formula is C22H28F3IN2O7. The lowest BCUT2D eigenvalue weighted by molar-refractivity contribution is -0.172. The van der Waals surface area contributed by atoms with E-state index in [1.807, 2.05) is 22.6 Å². The third kappa shape index (κ3) is 7.69. The highest BCUT2D eigenvalue weighted by molar-refractivity contribution is 14.1. The molecule has 35 heavy (non-hydrogen) atoms. The number of hydrogen-bond donors (Lipinski definition) is 4. The highest BCUT2D eigenvalue weighted by Crippen LogP contribution is 2.37. The normalized spacial score (nSPS) is 20.1.